The van der Waals surface area contributed by atoms with Gasteiger partial charge in [0, 0.05) is 19.6 Å². The predicted molar refractivity (Wildman–Crippen MR) is 119 cm³/mol. The van der Waals surface area contributed by atoms with Gasteiger partial charge in [0.1, 0.15) is 5.75 Å². The number of para-hydroxylation sites is 2. The first kappa shape index (κ1) is 22.4. The number of benzene rings is 2. The minimum atomic E-state index is -0.397. The molecule has 0 saturated heterocycles. The molecule has 7 nitrogen and oxygen atoms in total. The van der Waals surface area contributed by atoms with E-state index in [-0.39, 0.29) is 24.3 Å². The van der Waals surface area contributed by atoms with Crippen LogP contribution < -0.4 is 25.0 Å². The topological polar surface area (TPSA) is 75.2 Å². The molecule has 1 atom stereocenters. The molecule has 8 heteroatoms. The molecule has 3 rings (SSSR count). The molecule has 1 aliphatic rings. The largest absolute Gasteiger partial charge is 0.494 e. The van der Waals surface area contributed by atoms with E-state index in [1.54, 1.807) is 11.0 Å². The number of nitrogens with zero attached hydrogens (tertiary/aromatic N) is 2. The van der Waals surface area contributed by atoms with Gasteiger partial charge >= 0.3 is 0 Å². The van der Waals surface area contributed by atoms with Crippen LogP contribution >= 0.6 is 0 Å². The normalized spacial score (nSPS) is 14.5. The van der Waals surface area contributed by atoms with E-state index >= 15 is 0 Å². The smallest absolute Gasteiger partial charge is 0.265 e. The van der Waals surface area contributed by atoms with Crippen molar-refractivity contribution in [2.45, 2.75) is 26.3 Å². The van der Waals surface area contributed by atoms with E-state index in [9.17, 15) is 9.18 Å². The lowest BCUT2D eigenvalue weighted by Gasteiger charge is -2.29. The van der Waals surface area contributed by atoms with E-state index in [2.05, 4.69) is 15.6 Å². The number of aliphatic imine (C=N–C) groups is 1. The van der Waals surface area contributed by atoms with Gasteiger partial charge < -0.3 is 25.0 Å². The first-order chi connectivity index (χ1) is 15.0. The van der Waals surface area contributed by atoms with Crippen molar-refractivity contribution in [3.8, 4) is 11.5 Å². The average Bonchev–Trinajstić information content (AvgIpc) is 2.77. The van der Waals surface area contributed by atoms with Crippen LogP contribution in [-0.4, -0.2) is 45.2 Å². The van der Waals surface area contributed by atoms with Gasteiger partial charge in [-0.05, 0) is 50.1 Å². The highest BCUT2D eigenvalue weighted by molar-refractivity contribution is 5.97. The number of methoxy groups -OCH3 is 1. The highest BCUT2D eigenvalue weighted by Crippen LogP contribution is 2.31. The molecule has 1 aliphatic heterocycles. The van der Waals surface area contributed by atoms with Gasteiger partial charge in [-0.3, -0.25) is 9.79 Å². The van der Waals surface area contributed by atoms with E-state index in [1.807, 2.05) is 44.2 Å². The van der Waals surface area contributed by atoms with Crippen molar-refractivity contribution in [1.82, 2.24) is 10.6 Å². The Morgan fingerprint density at radius 3 is 2.87 bits per heavy atom. The van der Waals surface area contributed by atoms with Crippen molar-refractivity contribution < 1.29 is 18.7 Å². The molecule has 2 aromatic carbocycles. The van der Waals surface area contributed by atoms with Gasteiger partial charge in [0.25, 0.3) is 5.91 Å². The number of ether oxygens (including phenoxy) is 2. The van der Waals surface area contributed by atoms with Gasteiger partial charge in [-0.1, -0.05) is 18.2 Å². The van der Waals surface area contributed by atoms with E-state index in [0.29, 0.717) is 32.0 Å². The Morgan fingerprint density at radius 1 is 1.32 bits per heavy atom. The van der Waals surface area contributed by atoms with Crippen molar-refractivity contribution >= 4 is 17.6 Å². The second-order valence-electron chi connectivity index (χ2n) is 7.18. The molecule has 0 radical (unpaired) electrons. The van der Waals surface area contributed by atoms with Crippen molar-refractivity contribution in [2.24, 2.45) is 4.99 Å². The van der Waals surface area contributed by atoms with Crippen molar-refractivity contribution in [2.75, 3.05) is 38.3 Å². The van der Waals surface area contributed by atoms with E-state index in [0.717, 1.165) is 17.0 Å². The van der Waals surface area contributed by atoms with Crippen molar-refractivity contribution in [1.29, 1.82) is 0 Å². The lowest BCUT2D eigenvalue weighted by molar-refractivity contribution is -0.121. The van der Waals surface area contributed by atoms with E-state index in [4.69, 9.17) is 9.47 Å². The van der Waals surface area contributed by atoms with Gasteiger partial charge in [-0.25, -0.2) is 4.39 Å². The third-order valence-electron chi connectivity index (χ3n) is 4.99. The third-order valence-corrected chi connectivity index (χ3v) is 4.99. The second-order valence-corrected chi connectivity index (χ2v) is 7.18. The van der Waals surface area contributed by atoms with Crippen LogP contribution in [0.15, 0.2) is 47.5 Å². The molecule has 1 unspecified atom stereocenters. The fraction of sp³-hybridized carbons (Fsp3) is 0.391. The highest BCUT2D eigenvalue weighted by Gasteiger charge is 2.24. The Labute approximate surface area is 182 Å². The fourth-order valence-electron chi connectivity index (χ4n) is 3.38. The van der Waals surface area contributed by atoms with E-state index < -0.39 is 5.82 Å². The molecule has 0 bridgehead atoms. The lowest BCUT2D eigenvalue weighted by Crippen LogP contribution is -2.40. The van der Waals surface area contributed by atoms with Crippen LogP contribution in [0.3, 0.4) is 0 Å². The average molecular weight is 429 g/mol. The SMILES string of the molecule is CCNC(=NCCCN1C(=O)COc2ccccc21)NC(C)c1ccc(OC)c(F)c1. The monoisotopic (exact) mass is 428 g/mol. The van der Waals surface area contributed by atoms with Crippen LogP contribution in [0.4, 0.5) is 10.1 Å². The van der Waals surface area contributed by atoms with Gasteiger partial charge in [0.15, 0.2) is 24.1 Å². The van der Waals surface area contributed by atoms with Crippen molar-refractivity contribution in [3.05, 3.63) is 53.8 Å². The van der Waals surface area contributed by atoms with Crippen LogP contribution in [0.25, 0.3) is 0 Å². The standard InChI is InChI=1S/C23H29FN4O3/c1-4-25-23(27-16(2)17-10-11-20(30-3)18(24)14-17)26-12-7-13-28-19-8-5-6-9-21(19)31-15-22(28)29/h5-6,8-11,14,16H,4,7,12-13,15H2,1-3H3,(H2,25,26,27). The molecule has 0 aliphatic carbocycles. The summed E-state index contributed by atoms with van der Waals surface area (Å²) in [5.74, 6) is 1.13. The molecule has 31 heavy (non-hydrogen) atoms. The quantitative estimate of drug-likeness (QED) is 0.384. The number of halogens is 1. The Bertz CT molecular complexity index is 935. The number of carbonyl (C=O) groups excluding carboxylic acids is 1. The number of amides is 1. The molecule has 0 saturated carbocycles. The number of hydrogen-bond acceptors (Lipinski definition) is 4. The molecule has 166 valence electrons. The summed E-state index contributed by atoms with van der Waals surface area (Å²) in [6.45, 7) is 5.77. The lowest BCUT2D eigenvalue weighted by atomic mass is 10.1. The Balaban J connectivity index is 1.59. The van der Waals surface area contributed by atoms with Gasteiger partial charge in [-0.2, -0.15) is 0 Å². The van der Waals surface area contributed by atoms with Gasteiger partial charge in [-0.15, -0.1) is 0 Å². The minimum Gasteiger partial charge on any atom is -0.494 e. The molecule has 1 amide bonds. The molecule has 0 aromatic heterocycles. The molecule has 0 fully saturated rings. The summed E-state index contributed by atoms with van der Waals surface area (Å²) in [7, 11) is 1.44. The van der Waals surface area contributed by atoms with Crippen LogP contribution in [-0.2, 0) is 4.79 Å². The number of nitrogens with one attached hydrogen (secondary N) is 2. The van der Waals surface area contributed by atoms with Crippen molar-refractivity contribution in [3.63, 3.8) is 0 Å². The Hall–Kier alpha value is -3.29. The summed E-state index contributed by atoms with van der Waals surface area (Å²) >= 11 is 0. The number of carbonyl (C=O) groups is 1. The number of anilines is 1. The number of fused-ring (bicyclic) bond motifs is 1. The molecule has 2 aromatic rings. The van der Waals surface area contributed by atoms with Crippen LogP contribution in [0.5, 0.6) is 11.5 Å². The zero-order chi connectivity index (χ0) is 22.2. The maximum Gasteiger partial charge on any atom is 0.265 e. The van der Waals surface area contributed by atoms with Crippen LogP contribution in [0.2, 0.25) is 0 Å². The summed E-state index contributed by atoms with van der Waals surface area (Å²) in [6.07, 6.45) is 0.697. The van der Waals surface area contributed by atoms with Gasteiger partial charge in [0.2, 0.25) is 0 Å². The summed E-state index contributed by atoms with van der Waals surface area (Å²) in [5.41, 5.74) is 1.59. The summed E-state index contributed by atoms with van der Waals surface area (Å²) in [4.78, 5) is 18.6. The zero-order valence-corrected chi connectivity index (χ0v) is 18.2. The molecule has 1 heterocycles. The maximum atomic E-state index is 14.0. The summed E-state index contributed by atoms with van der Waals surface area (Å²) in [6, 6.07) is 12.3. The third kappa shape index (κ3) is 5.65. The fourth-order valence-corrected chi connectivity index (χ4v) is 3.38. The molecule has 2 N–H and O–H groups in total. The van der Waals surface area contributed by atoms with Gasteiger partial charge in [0.05, 0.1) is 18.8 Å². The van der Waals surface area contributed by atoms with E-state index in [1.165, 1.54) is 13.2 Å². The first-order valence-corrected chi connectivity index (χ1v) is 10.4. The Kier molecular flexibility index (Phi) is 7.70. The maximum absolute atomic E-state index is 14.0. The van der Waals surface area contributed by atoms with Crippen LogP contribution in [0.1, 0.15) is 31.9 Å². The highest BCUT2D eigenvalue weighted by atomic mass is 19.1. The number of guanidine groups is 1. The number of rotatable bonds is 8. The Morgan fingerprint density at radius 2 is 2.13 bits per heavy atom. The number of hydrogen-bond donors (Lipinski definition) is 2. The molecular formula is C23H29FN4O3. The summed E-state index contributed by atoms with van der Waals surface area (Å²) < 4.78 is 24.5. The zero-order valence-electron chi connectivity index (χ0n) is 18.2. The second kappa shape index (κ2) is 10.7. The predicted octanol–water partition coefficient (Wildman–Crippen LogP) is 3.27. The first-order valence-electron chi connectivity index (χ1n) is 10.4. The minimum absolute atomic E-state index is 0.0529. The molecule has 0 spiro atoms. The van der Waals surface area contributed by atoms with Crippen LogP contribution in [0, 0.1) is 5.82 Å². The molecular weight excluding hydrogens is 399 g/mol. The summed E-state index contributed by atoms with van der Waals surface area (Å²) in [5, 5.41) is 6.50.